The lowest BCUT2D eigenvalue weighted by atomic mass is 10.3. The lowest BCUT2D eigenvalue weighted by Crippen LogP contribution is -2.02. The van der Waals surface area contributed by atoms with Gasteiger partial charge in [-0.1, -0.05) is 25.1 Å². The Bertz CT molecular complexity index is 230. The lowest BCUT2D eigenvalue weighted by molar-refractivity contribution is 0.929. The second kappa shape index (κ2) is 2.57. The molecule has 1 fully saturated rings. The number of para-hydroxylation sites is 1. The maximum Gasteiger partial charge on any atom is 0.0342 e. The van der Waals surface area contributed by atoms with Gasteiger partial charge < -0.3 is 5.32 Å². The third-order valence-corrected chi connectivity index (χ3v) is 2.24. The molecule has 0 aromatic heterocycles. The second-order valence-corrected chi connectivity index (χ2v) is 3.33. The van der Waals surface area contributed by atoms with E-state index in [2.05, 4.69) is 36.5 Å². The molecule has 0 radical (unpaired) electrons. The third-order valence-electron chi connectivity index (χ3n) is 2.24. The lowest BCUT2D eigenvalue weighted by Gasteiger charge is -2.02. The third kappa shape index (κ3) is 1.53. The zero-order chi connectivity index (χ0) is 7.68. The number of nitrogens with one attached hydrogen (secondary N) is 1. The van der Waals surface area contributed by atoms with Crippen molar-refractivity contribution in [3.8, 4) is 0 Å². The van der Waals surface area contributed by atoms with Crippen LogP contribution in [-0.2, 0) is 0 Å². The Labute approximate surface area is 67.4 Å². The van der Waals surface area contributed by atoms with E-state index in [1.807, 2.05) is 6.07 Å². The van der Waals surface area contributed by atoms with Gasteiger partial charge in [0.15, 0.2) is 0 Å². The summed E-state index contributed by atoms with van der Waals surface area (Å²) in [6.45, 7) is 2.28. The smallest absolute Gasteiger partial charge is 0.0342 e. The van der Waals surface area contributed by atoms with Crippen LogP contribution >= 0.6 is 0 Å². The number of hydrogen-bond acceptors (Lipinski definition) is 1. The van der Waals surface area contributed by atoms with Crippen molar-refractivity contribution in [2.75, 3.05) is 5.32 Å². The van der Waals surface area contributed by atoms with Crippen molar-refractivity contribution in [3.05, 3.63) is 30.3 Å². The first-order chi connectivity index (χ1) is 5.36. The predicted molar refractivity (Wildman–Crippen MR) is 47.6 cm³/mol. The molecule has 1 heteroatoms. The van der Waals surface area contributed by atoms with E-state index in [4.69, 9.17) is 0 Å². The van der Waals surface area contributed by atoms with Crippen LogP contribution in [0.2, 0.25) is 0 Å². The predicted octanol–water partition coefficient (Wildman–Crippen LogP) is 2.51. The van der Waals surface area contributed by atoms with Crippen molar-refractivity contribution in [1.29, 1.82) is 0 Å². The summed E-state index contributed by atoms with van der Waals surface area (Å²) in [6, 6.07) is 11.1. The summed E-state index contributed by atoms with van der Waals surface area (Å²) in [5, 5.41) is 3.47. The molecule has 58 valence electrons. The van der Waals surface area contributed by atoms with Crippen LogP contribution in [-0.4, -0.2) is 6.04 Å². The Kier molecular flexibility index (Phi) is 1.57. The number of anilines is 1. The van der Waals surface area contributed by atoms with Crippen molar-refractivity contribution >= 4 is 5.69 Å². The van der Waals surface area contributed by atoms with Crippen molar-refractivity contribution < 1.29 is 0 Å². The van der Waals surface area contributed by atoms with Crippen molar-refractivity contribution in [1.82, 2.24) is 0 Å². The van der Waals surface area contributed by atoms with E-state index in [1.54, 1.807) is 0 Å². The molecule has 0 bridgehead atoms. The summed E-state index contributed by atoms with van der Waals surface area (Å²) >= 11 is 0. The van der Waals surface area contributed by atoms with Gasteiger partial charge in [0.05, 0.1) is 0 Å². The number of rotatable bonds is 2. The van der Waals surface area contributed by atoms with Gasteiger partial charge in [-0.25, -0.2) is 0 Å². The van der Waals surface area contributed by atoms with Crippen LogP contribution in [0.15, 0.2) is 30.3 Å². The Morgan fingerprint density at radius 3 is 2.45 bits per heavy atom. The molecule has 1 aliphatic carbocycles. The quantitative estimate of drug-likeness (QED) is 0.677. The average molecular weight is 147 g/mol. The molecule has 0 amide bonds. The molecule has 0 spiro atoms. The molecular formula is C10H13N. The molecule has 1 saturated carbocycles. The summed E-state index contributed by atoms with van der Waals surface area (Å²) in [4.78, 5) is 0. The van der Waals surface area contributed by atoms with Gasteiger partial charge in [0.2, 0.25) is 0 Å². The fourth-order valence-electron chi connectivity index (χ4n) is 1.27. The van der Waals surface area contributed by atoms with E-state index < -0.39 is 0 Å². The molecule has 2 atom stereocenters. The van der Waals surface area contributed by atoms with Crippen molar-refractivity contribution in [2.24, 2.45) is 5.92 Å². The fourth-order valence-corrected chi connectivity index (χ4v) is 1.27. The molecule has 1 aromatic carbocycles. The minimum atomic E-state index is 0.734. The van der Waals surface area contributed by atoms with E-state index in [1.165, 1.54) is 12.1 Å². The summed E-state index contributed by atoms with van der Waals surface area (Å²) in [5.74, 6) is 0.871. The highest BCUT2D eigenvalue weighted by molar-refractivity contribution is 5.44. The second-order valence-electron chi connectivity index (χ2n) is 3.33. The van der Waals surface area contributed by atoms with Crippen LogP contribution in [0, 0.1) is 5.92 Å². The minimum absolute atomic E-state index is 0.734. The Hall–Kier alpha value is -0.980. The van der Waals surface area contributed by atoms with Crippen LogP contribution in [0.5, 0.6) is 0 Å². The average Bonchev–Trinajstić information content (AvgIpc) is 2.69. The molecule has 1 N–H and O–H groups in total. The van der Waals surface area contributed by atoms with Crippen molar-refractivity contribution in [2.45, 2.75) is 19.4 Å². The number of hydrogen-bond donors (Lipinski definition) is 1. The zero-order valence-corrected chi connectivity index (χ0v) is 6.75. The van der Waals surface area contributed by atoms with Gasteiger partial charge >= 0.3 is 0 Å². The fraction of sp³-hybridized carbons (Fsp3) is 0.400. The molecule has 2 rings (SSSR count). The van der Waals surface area contributed by atoms with Gasteiger partial charge in [-0.05, 0) is 24.5 Å². The molecule has 1 nitrogen and oxygen atoms in total. The Morgan fingerprint density at radius 2 is 1.91 bits per heavy atom. The molecule has 1 aliphatic rings. The molecule has 1 aromatic rings. The topological polar surface area (TPSA) is 12.0 Å². The SMILES string of the molecule is CC1CC1Nc1ccccc1. The first kappa shape index (κ1) is 6.71. The van der Waals surface area contributed by atoms with Crippen LogP contribution in [0.1, 0.15) is 13.3 Å². The maximum absolute atomic E-state index is 3.47. The molecule has 0 aliphatic heterocycles. The zero-order valence-electron chi connectivity index (χ0n) is 6.75. The summed E-state index contributed by atoms with van der Waals surface area (Å²) < 4.78 is 0. The molecule has 11 heavy (non-hydrogen) atoms. The van der Waals surface area contributed by atoms with E-state index in [0.717, 1.165) is 12.0 Å². The first-order valence-electron chi connectivity index (χ1n) is 4.18. The highest BCUT2D eigenvalue weighted by Crippen LogP contribution is 2.32. The molecule has 0 saturated heterocycles. The van der Waals surface area contributed by atoms with E-state index >= 15 is 0 Å². The van der Waals surface area contributed by atoms with Gasteiger partial charge in [0.1, 0.15) is 0 Å². The van der Waals surface area contributed by atoms with Gasteiger partial charge in [-0.15, -0.1) is 0 Å². The van der Waals surface area contributed by atoms with Gasteiger partial charge in [-0.3, -0.25) is 0 Å². The summed E-state index contributed by atoms with van der Waals surface area (Å²) in [6.07, 6.45) is 1.33. The monoisotopic (exact) mass is 147 g/mol. The summed E-state index contributed by atoms with van der Waals surface area (Å²) in [5.41, 5.74) is 1.25. The van der Waals surface area contributed by atoms with Crippen molar-refractivity contribution in [3.63, 3.8) is 0 Å². The standard InChI is InChI=1S/C10H13N/c1-8-7-10(8)11-9-5-3-2-4-6-9/h2-6,8,10-11H,7H2,1H3. The Morgan fingerprint density at radius 1 is 1.27 bits per heavy atom. The Balaban J connectivity index is 1.97. The molecule has 2 unspecified atom stereocenters. The summed E-state index contributed by atoms with van der Waals surface area (Å²) in [7, 11) is 0. The highest BCUT2D eigenvalue weighted by Gasteiger charge is 2.31. The van der Waals surface area contributed by atoms with Crippen LogP contribution < -0.4 is 5.32 Å². The minimum Gasteiger partial charge on any atom is -0.382 e. The normalized spacial score (nSPS) is 28.1. The van der Waals surface area contributed by atoms with Gasteiger partial charge in [-0.2, -0.15) is 0 Å². The van der Waals surface area contributed by atoms with Crippen LogP contribution in [0.3, 0.4) is 0 Å². The largest absolute Gasteiger partial charge is 0.382 e. The van der Waals surface area contributed by atoms with E-state index in [9.17, 15) is 0 Å². The van der Waals surface area contributed by atoms with Crippen LogP contribution in [0.4, 0.5) is 5.69 Å². The molecule has 0 heterocycles. The van der Waals surface area contributed by atoms with E-state index in [-0.39, 0.29) is 0 Å². The maximum atomic E-state index is 3.47. The first-order valence-corrected chi connectivity index (χ1v) is 4.18. The van der Waals surface area contributed by atoms with Crippen LogP contribution in [0.25, 0.3) is 0 Å². The van der Waals surface area contributed by atoms with E-state index in [0.29, 0.717) is 0 Å². The van der Waals surface area contributed by atoms with Gasteiger partial charge in [0, 0.05) is 11.7 Å². The molecular weight excluding hydrogens is 134 g/mol. The number of benzene rings is 1. The van der Waals surface area contributed by atoms with Gasteiger partial charge in [0.25, 0.3) is 0 Å². The highest BCUT2D eigenvalue weighted by atomic mass is 15.0.